The van der Waals surface area contributed by atoms with Crippen molar-refractivity contribution in [3.63, 3.8) is 0 Å². The zero-order valence-electron chi connectivity index (χ0n) is 16.0. The number of hydrogen-bond donors (Lipinski definition) is 0. The van der Waals surface area contributed by atoms with Crippen LogP contribution in [0.25, 0.3) is 5.69 Å². The quantitative estimate of drug-likeness (QED) is 0.736. The van der Waals surface area contributed by atoms with E-state index in [-0.39, 0.29) is 11.8 Å². The predicted molar refractivity (Wildman–Crippen MR) is 105 cm³/mol. The first kappa shape index (κ1) is 19.4. The highest BCUT2D eigenvalue weighted by atomic mass is 32.2. The van der Waals surface area contributed by atoms with Crippen LogP contribution in [0.2, 0.25) is 0 Å². The van der Waals surface area contributed by atoms with Gasteiger partial charge in [0.25, 0.3) is 0 Å². The molecule has 0 radical (unpaired) electrons. The van der Waals surface area contributed by atoms with E-state index in [1.807, 2.05) is 21.6 Å². The van der Waals surface area contributed by atoms with E-state index < -0.39 is 0 Å². The molecule has 144 valence electrons. The Balaban J connectivity index is 1.59. The molecule has 1 fully saturated rings. The zero-order valence-corrected chi connectivity index (χ0v) is 16.8. The monoisotopic (exact) mass is 387 g/mol. The van der Waals surface area contributed by atoms with E-state index in [1.165, 1.54) is 17.3 Å². The lowest BCUT2D eigenvalue weighted by atomic mass is 10.0. The van der Waals surface area contributed by atoms with Gasteiger partial charge in [-0.15, -0.1) is 10.2 Å². The second-order valence-electron chi connectivity index (χ2n) is 6.91. The number of hydrogen-bond acceptors (Lipinski definition) is 5. The van der Waals surface area contributed by atoms with Gasteiger partial charge in [0.05, 0.1) is 5.75 Å². The molecule has 27 heavy (non-hydrogen) atoms. The summed E-state index contributed by atoms with van der Waals surface area (Å²) < 4.78 is 1.90. The second kappa shape index (κ2) is 8.56. The van der Waals surface area contributed by atoms with Crippen molar-refractivity contribution in [1.29, 1.82) is 0 Å². The Morgan fingerprint density at radius 2 is 1.70 bits per heavy atom. The van der Waals surface area contributed by atoms with Crippen LogP contribution in [0.1, 0.15) is 32.3 Å². The summed E-state index contributed by atoms with van der Waals surface area (Å²) in [5.41, 5.74) is 2.26. The van der Waals surface area contributed by atoms with Crippen molar-refractivity contribution < 1.29 is 9.59 Å². The minimum atomic E-state index is 0.0629. The summed E-state index contributed by atoms with van der Waals surface area (Å²) >= 11 is 1.39. The van der Waals surface area contributed by atoms with Crippen LogP contribution in [0.5, 0.6) is 0 Å². The first-order valence-electron chi connectivity index (χ1n) is 9.12. The number of benzene rings is 1. The van der Waals surface area contributed by atoms with Crippen molar-refractivity contribution in [3.8, 4) is 5.69 Å². The molecule has 0 aliphatic carbocycles. The Morgan fingerprint density at radius 1 is 1.07 bits per heavy atom. The standard InChI is InChI=1S/C19H25N5O2S/c1-14(2)16-4-6-17(7-5-16)24-13-20-21-19(24)27-12-18(26)23-10-8-22(9-11-23)15(3)25/h4-7,13-14H,8-12H2,1-3H3. The largest absolute Gasteiger partial charge is 0.339 e. The van der Waals surface area contributed by atoms with E-state index in [4.69, 9.17) is 0 Å². The van der Waals surface area contributed by atoms with Gasteiger partial charge in [-0.1, -0.05) is 37.7 Å². The van der Waals surface area contributed by atoms with Gasteiger partial charge in [0, 0.05) is 38.8 Å². The molecule has 0 atom stereocenters. The lowest BCUT2D eigenvalue weighted by Crippen LogP contribution is -2.50. The molecule has 0 N–H and O–H groups in total. The number of thioether (sulfide) groups is 1. The number of carbonyl (C=O) groups excluding carboxylic acids is 2. The summed E-state index contributed by atoms with van der Waals surface area (Å²) in [4.78, 5) is 27.5. The lowest BCUT2D eigenvalue weighted by molar-refractivity contribution is -0.136. The summed E-state index contributed by atoms with van der Waals surface area (Å²) in [5, 5.41) is 8.85. The van der Waals surface area contributed by atoms with Gasteiger partial charge >= 0.3 is 0 Å². The van der Waals surface area contributed by atoms with E-state index in [9.17, 15) is 9.59 Å². The molecule has 0 saturated carbocycles. The van der Waals surface area contributed by atoms with Crippen LogP contribution in [0.4, 0.5) is 0 Å². The first-order valence-corrected chi connectivity index (χ1v) is 10.1. The van der Waals surface area contributed by atoms with Gasteiger partial charge in [-0.3, -0.25) is 14.2 Å². The Morgan fingerprint density at radius 3 is 2.30 bits per heavy atom. The third kappa shape index (κ3) is 4.68. The van der Waals surface area contributed by atoms with Crippen LogP contribution in [-0.4, -0.2) is 68.3 Å². The first-order chi connectivity index (χ1) is 13.0. The highest BCUT2D eigenvalue weighted by molar-refractivity contribution is 7.99. The summed E-state index contributed by atoms with van der Waals surface area (Å²) in [6, 6.07) is 8.30. The molecular weight excluding hydrogens is 362 g/mol. The molecule has 2 heterocycles. The van der Waals surface area contributed by atoms with Crippen LogP contribution in [0, 0.1) is 0 Å². The maximum absolute atomic E-state index is 12.5. The van der Waals surface area contributed by atoms with Crippen molar-refractivity contribution in [2.45, 2.75) is 31.8 Å². The van der Waals surface area contributed by atoms with Gasteiger partial charge < -0.3 is 9.80 Å². The predicted octanol–water partition coefficient (Wildman–Crippen LogP) is 2.17. The van der Waals surface area contributed by atoms with Crippen molar-refractivity contribution in [2.75, 3.05) is 31.9 Å². The number of piperazine rings is 1. The third-order valence-corrected chi connectivity index (χ3v) is 5.68. The van der Waals surface area contributed by atoms with Gasteiger partial charge in [0.2, 0.25) is 11.8 Å². The van der Waals surface area contributed by atoms with E-state index in [0.29, 0.717) is 43.0 Å². The maximum atomic E-state index is 12.5. The minimum absolute atomic E-state index is 0.0629. The molecule has 2 amide bonds. The molecule has 8 heteroatoms. The molecule has 7 nitrogen and oxygen atoms in total. The number of amides is 2. The summed E-state index contributed by atoms with van der Waals surface area (Å²) in [5.74, 6) is 0.916. The van der Waals surface area contributed by atoms with E-state index in [1.54, 1.807) is 18.2 Å². The molecule has 1 aliphatic rings. The zero-order chi connectivity index (χ0) is 19.4. The maximum Gasteiger partial charge on any atom is 0.233 e. The fourth-order valence-corrected chi connectivity index (χ4v) is 3.84. The molecule has 1 aliphatic heterocycles. The van der Waals surface area contributed by atoms with E-state index in [0.717, 1.165) is 5.69 Å². The normalized spacial score (nSPS) is 14.7. The van der Waals surface area contributed by atoms with Crippen LogP contribution in [0.3, 0.4) is 0 Å². The fraction of sp³-hybridized carbons (Fsp3) is 0.474. The van der Waals surface area contributed by atoms with Crippen LogP contribution < -0.4 is 0 Å². The van der Waals surface area contributed by atoms with Gasteiger partial charge in [-0.2, -0.15) is 0 Å². The molecule has 1 aromatic heterocycles. The smallest absolute Gasteiger partial charge is 0.233 e. The number of carbonyl (C=O) groups is 2. The minimum Gasteiger partial charge on any atom is -0.339 e. The highest BCUT2D eigenvalue weighted by Crippen LogP contribution is 2.22. The average Bonchev–Trinajstić information content (AvgIpc) is 3.14. The SMILES string of the molecule is CC(=O)N1CCN(C(=O)CSc2nncn2-c2ccc(C(C)C)cc2)CC1. The van der Waals surface area contributed by atoms with Crippen molar-refractivity contribution in [2.24, 2.45) is 0 Å². The summed E-state index contributed by atoms with van der Waals surface area (Å²) in [6.07, 6.45) is 1.67. The molecule has 0 unspecified atom stereocenters. The molecule has 2 aromatic rings. The number of rotatable bonds is 5. The summed E-state index contributed by atoms with van der Waals surface area (Å²) in [7, 11) is 0. The molecule has 3 rings (SSSR count). The van der Waals surface area contributed by atoms with Crippen molar-refractivity contribution in [3.05, 3.63) is 36.2 Å². The number of aromatic nitrogens is 3. The third-order valence-electron chi connectivity index (χ3n) is 4.76. The van der Waals surface area contributed by atoms with Gasteiger partial charge in [0.1, 0.15) is 6.33 Å². The van der Waals surface area contributed by atoms with E-state index >= 15 is 0 Å². The van der Waals surface area contributed by atoms with Crippen LogP contribution in [-0.2, 0) is 9.59 Å². The molecule has 1 saturated heterocycles. The van der Waals surface area contributed by atoms with Crippen molar-refractivity contribution in [1.82, 2.24) is 24.6 Å². The second-order valence-corrected chi connectivity index (χ2v) is 7.85. The molecule has 0 bridgehead atoms. The van der Waals surface area contributed by atoms with Crippen LogP contribution in [0.15, 0.2) is 35.7 Å². The van der Waals surface area contributed by atoms with E-state index in [2.05, 4.69) is 36.2 Å². The van der Waals surface area contributed by atoms with Gasteiger partial charge in [0.15, 0.2) is 5.16 Å². The summed E-state index contributed by atoms with van der Waals surface area (Å²) in [6.45, 7) is 8.26. The fourth-order valence-electron chi connectivity index (χ4n) is 3.01. The Hall–Kier alpha value is -2.35. The Bertz CT molecular complexity index is 795. The lowest BCUT2D eigenvalue weighted by Gasteiger charge is -2.34. The highest BCUT2D eigenvalue weighted by Gasteiger charge is 2.22. The Kier molecular flexibility index (Phi) is 6.15. The molecule has 1 aromatic carbocycles. The van der Waals surface area contributed by atoms with Gasteiger partial charge in [-0.05, 0) is 23.6 Å². The molecular formula is C19H25N5O2S. The average molecular weight is 388 g/mol. The van der Waals surface area contributed by atoms with Crippen molar-refractivity contribution >= 4 is 23.6 Å². The Labute approximate surface area is 163 Å². The van der Waals surface area contributed by atoms with Crippen LogP contribution >= 0.6 is 11.8 Å². The topological polar surface area (TPSA) is 71.3 Å². The van der Waals surface area contributed by atoms with Gasteiger partial charge in [-0.25, -0.2) is 0 Å². The number of nitrogens with zero attached hydrogens (tertiary/aromatic N) is 5. The molecule has 0 spiro atoms.